The van der Waals surface area contributed by atoms with E-state index in [1.807, 2.05) is 18.3 Å². The minimum Gasteiger partial charge on any atom is -0.454 e. The fourth-order valence-electron chi connectivity index (χ4n) is 6.12. The Hall–Kier alpha value is -5.41. The molecule has 5 aromatic carbocycles. The van der Waals surface area contributed by atoms with E-state index in [0.717, 1.165) is 62.7 Å². The van der Waals surface area contributed by atoms with Gasteiger partial charge in [0.15, 0.2) is 5.58 Å². The summed E-state index contributed by atoms with van der Waals surface area (Å²) in [5.41, 5.74) is 10.8. The van der Waals surface area contributed by atoms with Crippen LogP contribution in [0.5, 0.6) is 0 Å². The Kier molecular flexibility index (Phi) is 5.93. The molecule has 0 bridgehead atoms. The Morgan fingerprint density at radius 3 is 2.38 bits per heavy atom. The Bertz CT molecular complexity index is 2150. The molecule has 3 heteroatoms. The number of aromatic nitrogens is 1. The summed E-state index contributed by atoms with van der Waals surface area (Å²) < 4.78 is 6.56. The summed E-state index contributed by atoms with van der Waals surface area (Å²) >= 11 is 0. The highest BCUT2D eigenvalue weighted by Gasteiger charge is 2.21. The van der Waals surface area contributed by atoms with Crippen molar-refractivity contribution in [3.05, 3.63) is 151 Å². The molecule has 0 aliphatic heterocycles. The van der Waals surface area contributed by atoms with Crippen molar-refractivity contribution in [3.8, 4) is 11.1 Å². The van der Waals surface area contributed by atoms with Crippen molar-refractivity contribution in [2.45, 2.75) is 12.8 Å². The van der Waals surface area contributed by atoms with Gasteiger partial charge in [0, 0.05) is 45.4 Å². The van der Waals surface area contributed by atoms with Crippen LogP contribution in [0.1, 0.15) is 18.4 Å². The molecule has 0 radical (unpaired) electrons. The molecule has 2 aromatic heterocycles. The van der Waals surface area contributed by atoms with Crippen LogP contribution in [0, 0.1) is 0 Å². The second-order valence-corrected chi connectivity index (χ2v) is 10.7. The molecule has 0 amide bonds. The van der Waals surface area contributed by atoms with Gasteiger partial charge in [0.25, 0.3) is 0 Å². The third-order valence-corrected chi connectivity index (χ3v) is 8.16. The van der Waals surface area contributed by atoms with E-state index in [1.165, 1.54) is 22.3 Å². The second-order valence-electron chi connectivity index (χ2n) is 10.7. The Morgan fingerprint density at radius 1 is 0.667 bits per heavy atom. The van der Waals surface area contributed by atoms with E-state index < -0.39 is 0 Å². The van der Waals surface area contributed by atoms with Crippen LogP contribution in [0.15, 0.2) is 150 Å². The second kappa shape index (κ2) is 10.2. The van der Waals surface area contributed by atoms with E-state index in [4.69, 9.17) is 9.40 Å². The number of anilines is 3. The molecular weight excluding hydrogens is 512 g/mol. The van der Waals surface area contributed by atoms with Crippen LogP contribution in [0.3, 0.4) is 0 Å². The number of rotatable bonds is 5. The van der Waals surface area contributed by atoms with Crippen LogP contribution in [-0.2, 0) is 0 Å². The average Bonchev–Trinajstić information content (AvgIpc) is 3.45. The summed E-state index contributed by atoms with van der Waals surface area (Å²) in [7, 11) is 0. The van der Waals surface area contributed by atoms with E-state index in [2.05, 4.69) is 132 Å². The standard InChI is InChI=1S/C39H28N2O/c1-3-12-27(13-4-1)29-17-11-18-31(24-29)41(36-21-10-9-19-33(36)28-14-5-2-6-15-28)32-22-23-35-37(25-32)42-39-34-20-8-7-16-30(34)26-40-38(35)39/h1-5,7-14,16-26H,6,15H2. The van der Waals surface area contributed by atoms with Crippen molar-refractivity contribution < 1.29 is 4.42 Å². The number of allylic oxidation sites excluding steroid dienone is 4. The first-order chi connectivity index (χ1) is 20.8. The number of hydrogen-bond donors (Lipinski definition) is 0. The number of furan rings is 1. The number of benzene rings is 5. The van der Waals surface area contributed by atoms with Gasteiger partial charge in [-0.3, -0.25) is 4.98 Å². The monoisotopic (exact) mass is 540 g/mol. The Morgan fingerprint density at radius 2 is 1.48 bits per heavy atom. The maximum Gasteiger partial charge on any atom is 0.161 e. The summed E-state index contributed by atoms with van der Waals surface area (Å²) in [6.45, 7) is 0. The van der Waals surface area contributed by atoms with Crippen molar-refractivity contribution >= 4 is 55.5 Å². The van der Waals surface area contributed by atoms with Crippen LogP contribution < -0.4 is 4.90 Å². The van der Waals surface area contributed by atoms with E-state index in [-0.39, 0.29) is 0 Å². The van der Waals surface area contributed by atoms with Gasteiger partial charge in [-0.25, -0.2) is 0 Å². The summed E-state index contributed by atoms with van der Waals surface area (Å²) in [6.07, 6.45) is 10.7. The van der Waals surface area contributed by atoms with Crippen LogP contribution in [0.2, 0.25) is 0 Å². The normalized spacial score (nSPS) is 13.1. The van der Waals surface area contributed by atoms with Crippen LogP contribution in [0.4, 0.5) is 17.1 Å². The maximum absolute atomic E-state index is 6.56. The SMILES string of the molecule is C1=CCCC(c2ccccc2N(c2cccc(-c3ccccc3)c2)c2ccc3c(c2)oc2c4ccccc4cnc32)=C1. The first-order valence-corrected chi connectivity index (χ1v) is 14.4. The molecule has 3 nitrogen and oxygen atoms in total. The minimum atomic E-state index is 0.827. The molecule has 0 unspecified atom stereocenters. The summed E-state index contributed by atoms with van der Waals surface area (Å²) in [5, 5.41) is 3.17. The molecule has 2 heterocycles. The predicted molar refractivity (Wildman–Crippen MR) is 175 cm³/mol. The highest BCUT2D eigenvalue weighted by atomic mass is 16.3. The minimum absolute atomic E-state index is 0.827. The predicted octanol–water partition coefficient (Wildman–Crippen LogP) is 11.0. The zero-order valence-corrected chi connectivity index (χ0v) is 23.1. The lowest BCUT2D eigenvalue weighted by molar-refractivity contribution is 0.672. The molecule has 0 saturated carbocycles. The van der Waals surface area contributed by atoms with Crippen LogP contribution in [-0.4, -0.2) is 4.98 Å². The lowest BCUT2D eigenvalue weighted by Crippen LogP contribution is -2.12. The van der Waals surface area contributed by atoms with E-state index in [9.17, 15) is 0 Å². The number of hydrogen-bond acceptors (Lipinski definition) is 3. The molecule has 1 aliphatic carbocycles. The topological polar surface area (TPSA) is 29.3 Å². The lowest BCUT2D eigenvalue weighted by atomic mass is 9.95. The van der Waals surface area contributed by atoms with Crippen molar-refractivity contribution in [1.82, 2.24) is 4.98 Å². The van der Waals surface area contributed by atoms with Crippen LogP contribution >= 0.6 is 0 Å². The van der Waals surface area contributed by atoms with E-state index >= 15 is 0 Å². The maximum atomic E-state index is 6.56. The highest BCUT2D eigenvalue weighted by Crippen LogP contribution is 2.43. The molecule has 0 fully saturated rings. The van der Waals surface area contributed by atoms with Gasteiger partial charge >= 0.3 is 0 Å². The van der Waals surface area contributed by atoms with Gasteiger partial charge in [0.1, 0.15) is 11.1 Å². The highest BCUT2D eigenvalue weighted by molar-refractivity contribution is 6.13. The number of para-hydroxylation sites is 1. The average molecular weight is 541 g/mol. The molecule has 0 atom stereocenters. The van der Waals surface area contributed by atoms with Gasteiger partial charge in [-0.05, 0) is 59.9 Å². The molecule has 200 valence electrons. The third-order valence-electron chi connectivity index (χ3n) is 8.16. The zero-order chi connectivity index (χ0) is 27.9. The Balaban J connectivity index is 1.35. The van der Waals surface area contributed by atoms with Crippen LogP contribution in [0.25, 0.3) is 49.5 Å². The summed E-state index contributed by atoms with van der Waals surface area (Å²) in [6, 6.07) is 42.8. The van der Waals surface area contributed by atoms with Gasteiger partial charge in [-0.1, -0.05) is 103 Å². The van der Waals surface area contributed by atoms with Crippen molar-refractivity contribution in [2.24, 2.45) is 0 Å². The molecule has 7 aromatic rings. The van der Waals surface area contributed by atoms with Gasteiger partial charge < -0.3 is 9.32 Å². The first-order valence-electron chi connectivity index (χ1n) is 14.4. The largest absolute Gasteiger partial charge is 0.454 e. The molecule has 1 aliphatic rings. The smallest absolute Gasteiger partial charge is 0.161 e. The summed E-state index contributed by atoms with van der Waals surface area (Å²) in [4.78, 5) is 7.15. The number of fused-ring (bicyclic) bond motifs is 5. The van der Waals surface area contributed by atoms with Crippen molar-refractivity contribution in [1.29, 1.82) is 0 Å². The van der Waals surface area contributed by atoms with Crippen molar-refractivity contribution in [2.75, 3.05) is 4.90 Å². The van der Waals surface area contributed by atoms with E-state index in [0.29, 0.717) is 0 Å². The lowest BCUT2D eigenvalue weighted by Gasteiger charge is -2.29. The Labute approximate surface area is 244 Å². The quantitative estimate of drug-likeness (QED) is 0.217. The van der Waals surface area contributed by atoms with Crippen molar-refractivity contribution in [3.63, 3.8) is 0 Å². The zero-order valence-electron chi connectivity index (χ0n) is 23.1. The summed E-state index contributed by atoms with van der Waals surface area (Å²) in [5.74, 6) is 0. The van der Waals surface area contributed by atoms with Gasteiger partial charge in [0.05, 0.1) is 5.69 Å². The van der Waals surface area contributed by atoms with Gasteiger partial charge in [-0.2, -0.15) is 0 Å². The molecule has 0 N–H and O–H groups in total. The number of pyridine rings is 1. The molecular formula is C39H28N2O. The van der Waals surface area contributed by atoms with E-state index in [1.54, 1.807) is 0 Å². The fraction of sp³-hybridized carbons (Fsp3) is 0.0513. The fourth-order valence-corrected chi connectivity index (χ4v) is 6.12. The van der Waals surface area contributed by atoms with Gasteiger partial charge in [0.2, 0.25) is 0 Å². The van der Waals surface area contributed by atoms with Gasteiger partial charge in [-0.15, -0.1) is 0 Å². The first kappa shape index (κ1) is 24.4. The molecule has 0 spiro atoms. The molecule has 8 rings (SSSR count). The molecule has 0 saturated heterocycles. The molecule has 42 heavy (non-hydrogen) atoms. The number of nitrogens with zero attached hydrogens (tertiary/aromatic N) is 2. The third kappa shape index (κ3) is 4.18.